The average Bonchev–Trinajstić information content (AvgIpc) is 2.90. The van der Waals surface area contributed by atoms with Gasteiger partial charge >= 0.3 is 0 Å². The number of carbonyl (C=O) groups excluding carboxylic acids is 1. The third kappa shape index (κ3) is 5.86. The molecular weight excluding hydrogens is 454 g/mol. The molecule has 3 atom stereocenters. The van der Waals surface area contributed by atoms with Crippen molar-refractivity contribution in [2.24, 2.45) is 5.92 Å². The third-order valence-corrected chi connectivity index (χ3v) is 6.73. The topological polar surface area (TPSA) is 75.1 Å². The second-order valence-electron chi connectivity index (χ2n) is 9.61. The number of methoxy groups -OCH3 is 1. The summed E-state index contributed by atoms with van der Waals surface area (Å²) in [5.41, 5.74) is 3.38. The SMILES string of the molecule is COc1ccc(-c2cnc3c(c2)C(=O)N([C@H](C)CO)C[C@@H](C)[C@H](CN(C)Cc2ccccc2)O3)cc1. The van der Waals surface area contributed by atoms with Crippen LogP contribution in [0.5, 0.6) is 11.6 Å². The van der Waals surface area contributed by atoms with Crippen LogP contribution in [0.1, 0.15) is 29.8 Å². The van der Waals surface area contributed by atoms with Crippen LogP contribution in [0.4, 0.5) is 0 Å². The fraction of sp³-hybridized carbons (Fsp3) is 0.379. The number of fused-ring (bicyclic) bond motifs is 1. The fourth-order valence-electron chi connectivity index (χ4n) is 4.53. The van der Waals surface area contributed by atoms with Crippen molar-refractivity contribution in [3.63, 3.8) is 0 Å². The zero-order valence-electron chi connectivity index (χ0n) is 21.4. The van der Waals surface area contributed by atoms with Crippen molar-refractivity contribution < 1.29 is 19.4 Å². The molecule has 190 valence electrons. The predicted molar refractivity (Wildman–Crippen MR) is 140 cm³/mol. The van der Waals surface area contributed by atoms with Gasteiger partial charge in [0.25, 0.3) is 5.91 Å². The monoisotopic (exact) mass is 489 g/mol. The summed E-state index contributed by atoms with van der Waals surface area (Å²) < 4.78 is 11.7. The van der Waals surface area contributed by atoms with E-state index < -0.39 is 0 Å². The molecule has 0 saturated heterocycles. The predicted octanol–water partition coefficient (Wildman–Crippen LogP) is 4.11. The van der Waals surface area contributed by atoms with Crippen molar-refractivity contribution in [2.45, 2.75) is 32.5 Å². The number of aliphatic hydroxyl groups excluding tert-OH is 1. The lowest BCUT2D eigenvalue weighted by Gasteiger charge is -2.37. The summed E-state index contributed by atoms with van der Waals surface area (Å²) in [5.74, 6) is 0.948. The van der Waals surface area contributed by atoms with Crippen molar-refractivity contribution in [1.29, 1.82) is 0 Å². The Balaban J connectivity index is 1.65. The zero-order chi connectivity index (χ0) is 25.7. The molecule has 0 radical (unpaired) electrons. The molecule has 0 fully saturated rings. The lowest BCUT2D eigenvalue weighted by molar-refractivity contribution is 0.0325. The van der Waals surface area contributed by atoms with Gasteiger partial charge in [0.05, 0.1) is 19.8 Å². The van der Waals surface area contributed by atoms with Crippen LogP contribution in [0.25, 0.3) is 11.1 Å². The standard InChI is InChI=1S/C29H35N3O4/c1-20-16-32(21(2)19-33)29(34)26-14-24(23-10-12-25(35-4)13-11-23)15-30-28(26)36-27(20)18-31(3)17-22-8-6-5-7-9-22/h5-15,20-21,27,33H,16-19H2,1-4H3/t20-,21-,27+/m1/s1. The van der Waals surface area contributed by atoms with Crippen LogP contribution in [0, 0.1) is 5.92 Å². The van der Waals surface area contributed by atoms with E-state index in [1.807, 2.05) is 55.5 Å². The van der Waals surface area contributed by atoms with Crippen molar-refractivity contribution in [1.82, 2.24) is 14.8 Å². The van der Waals surface area contributed by atoms with Crippen LogP contribution in [-0.4, -0.2) is 71.8 Å². The Morgan fingerprint density at radius 2 is 1.89 bits per heavy atom. The fourth-order valence-corrected chi connectivity index (χ4v) is 4.53. The van der Waals surface area contributed by atoms with Crippen LogP contribution in [0.3, 0.4) is 0 Å². The molecule has 0 unspecified atom stereocenters. The highest BCUT2D eigenvalue weighted by molar-refractivity contribution is 5.98. The second-order valence-corrected chi connectivity index (χ2v) is 9.61. The molecule has 7 heteroatoms. The first-order valence-corrected chi connectivity index (χ1v) is 12.3. The summed E-state index contributed by atoms with van der Waals surface area (Å²) in [5, 5.41) is 9.90. The Hall–Kier alpha value is -3.42. The minimum absolute atomic E-state index is 0.0392. The first-order valence-electron chi connectivity index (χ1n) is 12.3. The van der Waals surface area contributed by atoms with Crippen LogP contribution >= 0.6 is 0 Å². The van der Waals surface area contributed by atoms with Crippen molar-refractivity contribution in [2.75, 3.05) is 33.9 Å². The number of rotatable bonds is 8. The molecule has 7 nitrogen and oxygen atoms in total. The number of amides is 1. The van der Waals surface area contributed by atoms with Gasteiger partial charge < -0.3 is 19.5 Å². The maximum Gasteiger partial charge on any atom is 0.259 e. The Morgan fingerprint density at radius 3 is 2.56 bits per heavy atom. The third-order valence-electron chi connectivity index (χ3n) is 6.73. The minimum atomic E-state index is -0.321. The number of hydrogen-bond donors (Lipinski definition) is 1. The summed E-state index contributed by atoms with van der Waals surface area (Å²) in [6.07, 6.45) is 1.56. The van der Waals surface area contributed by atoms with E-state index >= 15 is 0 Å². The Bertz CT molecular complexity index is 1150. The maximum absolute atomic E-state index is 13.7. The molecule has 1 aliphatic heterocycles. The van der Waals surface area contributed by atoms with Crippen LogP contribution in [0.15, 0.2) is 66.9 Å². The molecule has 0 spiro atoms. The molecule has 36 heavy (non-hydrogen) atoms. The summed E-state index contributed by atoms with van der Waals surface area (Å²) in [6.45, 7) is 5.79. The number of aromatic nitrogens is 1. The number of pyridine rings is 1. The van der Waals surface area contributed by atoms with Gasteiger partial charge in [0.15, 0.2) is 0 Å². The highest BCUT2D eigenvalue weighted by Gasteiger charge is 2.34. The zero-order valence-corrected chi connectivity index (χ0v) is 21.4. The van der Waals surface area contributed by atoms with Gasteiger partial charge in [-0.25, -0.2) is 4.98 Å². The lowest BCUT2D eigenvalue weighted by Crippen LogP contribution is -2.49. The number of nitrogens with zero attached hydrogens (tertiary/aromatic N) is 3. The van der Waals surface area contributed by atoms with E-state index in [0.717, 1.165) is 23.4 Å². The van der Waals surface area contributed by atoms with Gasteiger partial charge in [-0.2, -0.15) is 0 Å². The molecule has 4 rings (SSSR count). The van der Waals surface area contributed by atoms with E-state index in [1.165, 1.54) is 5.56 Å². The first-order chi connectivity index (χ1) is 17.4. The molecule has 0 bridgehead atoms. The summed E-state index contributed by atoms with van der Waals surface area (Å²) >= 11 is 0. The minimum Gasteiger partial charge on any atom is -0.497 e. The van der Waals surface area contributed by atoms with E-state index in [2.05, 4.69) is 36.0 Å². The van der Waals surface area contributed by atoms with Gasteiger partial charge in [0.1, 0.15) is 17.4 Å². The number of likely N-dealkylation sites (N-methyl/N-ethyl adjacent to an activating group) is 1. The van der Waals surface area contributed by atoms with Crippen LogP contribution < -0.4 is 9.47 Å². The van der Waals surface area contributed by atoms with E-state index in [4.69, 9.17) is 9.47 Å². The Labute approximate surface area is 213 Å². The smallest absolute Gasteiger partial charge is 0.259 e. The number of ether oxygens (including phenoxy) is 2. The van der Waals surface area contributed by atoms with Gasteiger partial charge in [-0.1, -0.05) is 49.4 Å². The van der Waals surface area contributed by atoms with Gasteiger partial charge in [0.2, 0.25) is 5.88 Å². The number of benzene rings is 2. The van der Waals surface area contributed by atoms with Gasteiger partial charge in [-0.15, -0.1) is 0 Å². The second kappa shape index (κ2) is 11.5. The average molecular weight is 490 g/mol. The molecule has 1 amide bonds. The van der Waals surface area contributed by atoms with E-state index in [-0.39, 0.29) is 30.6 Å². The van der Waals surface area contributed by atoms with Crippen molar-refractivity contribution in [3.05, 3.63) is 78.0 Å². The largest absolute Gasteiger partial charge is 0.497 e. The highest BCUT2D eigenvalue weighted by Crippen LogP contribution is 2.31. The van der Waals surface area contributed by atoms with Gasteiger partial charge in [-0.05, 0) is 43.3 Å². The summed E-state index contributed by atoms with van der Waals surface area (Å²) in [7, 11) is 3.70. The van der Waals surface area contributed by atoms with Crippen molar-refractivity contribution in [3.8, 4) is 22.8 Å². The van der Waals surface area contributed by atoms with E-state index in [9.17, 15) is 9.90 Å². The van der Waals surface area contributed by atoms with Crippen molar-refractivity contribution >= 4 is 5.91 Å². The van der Waals surface area contributed by atoms with E-state index in [0.29, 0.717) is 24.5 Å². The molecule has 1 aliphatic rings. The quantitative estimate of drug-likeness (QED) is 0.513. The van der Waals surface area contributed by atoms with Crippen LogP contribution in [0.2, 0.25) is 0 Å². The molecule has 1 aromatic heterocycles. The maximum atomic E-state index is 13.7. The molecule has 0 saturated carbocycles. The molecule has 2 heterocycles. The summed E-state index contributed by atoms with van der Waals surface area (Å²) in [4.78, 5) is 22.2. The normalized spacial score (nSPS) is 18.7. The van der Waals surface area contributed by atoms with Gasteiger partial charge in [0, 0.05) is 37.3 Å². The molecule has 0 aliphatic carbocycles. The van der Waals surface area contributed by atoms with Gasteiger partial charge in [-0.3, -0.25) is 9.69 Å². The van der Waals surface area contributed by atoms with Crippen LogP contribution in [-0.2, 0) is 6.54 Å². The Morgan fingerprint density at radius 1 is 1.17 bits per heavy atom. The first kappa shape index (κ1) is 25.7. The number of aliphatic hydroxyl groups is 1. The van der Waals surface area contributed by atoms with E-state index in [1.54, 1.807) is 18.2 Å². The Kier molecular flexibility index (Phi) is 8.23. The number of carbonyl (C=O) groups is 1. The molecule has 3 aromatic rings. The molecular formula is C29H35N3O4. The number of hydrogen-bond acceptors (Lipinski definition) is 6. The lowest BCUT2D eigenvalue weighted by atomic mass is 9.99. The molecule has 1 N–H and O–H groups in total. The summed E-state index contributed by atoms with van der Waals surface area (Å²) in [6, 6.07) is 19.5. The molecule has 2 aromatic carbocycles. The highest BCUT2D eigenvalue weighted by atomic mass is 16.5.